The molecule has 0 atom stereocenters. The smallest absolute Gasteiger partial charge is 0.255 e. The molecular weight excluding hydrogens is 184 g/mol. The number of pyridine rings is 1. The first-order valence-corrected chi connectivity index (χ1v) is 4.85. The van der Waals surface area contributed by atoms with E-state index in [0.717, 1.165) is 5.75 Å². The van der Waals surface area contributed by atoms with Crippen LogP contribution in [0.2, 0.25) is 0 Å². The minimum absolute atomic E-state index is 0.705. The van der Waals surface area contributed by atoms with E-state index in [1.807, 2.05) is 12.1 Å². The topological polar surface area (TPSA) is 38.9 Å². The fourth-order valence-corrected chi connectivity index (χ4v) is 1.65. The summed E-state index contributed by atoms with van der Waals surface area (Å²) >= 11 is 1.57. The average molecular weight is 192 g/mol. The van der Waals surface area contributed by atoms with Gasteiger partial charge in [0.2, 0.25) is 0 Å². The van der Waals surface area contributed by atoms with Crippen LogP contribution in [0.3, 0.4) is 0 Å². The van der Waals surface area contributed by atoms with Gasteiger partial charge in [0.05, 0.1) is 6.20 Å². The van der Waals surface area contributed by atoms with Crippen LogP contribution < -0.4 is 0 Å². The van der Waals surface area contributed by atoms with Crippen molar-refractivity contribution in [1.82, 2.24) is 9.97 Å². The lowest BCUT2D eigenvalue weighted by Gasteiger charge is -1.95. The lowest BCUT2D eigenvalue weighted by atomic mass is 10.3. The molecule has 66 valence electrons. The van der Waals surface area contributed by atoms with Crippen LogP contribution in [0.15, 0.2) is 46.6 Å². The maximum absolute atomic E-state index is 5.09. The van der Waals surface area contributed by atoms with Gasteiger partial charge in [0.25, 0.3) is 5.22 Å². The van der Waals surface area contributed by atoms with Gasteiger partial charge >= 0.3 is 0 Å². The number of hydrogen-bond donors (Lipinski definition) is 0. The zero-order valence-electron chi connectivity index (χ0n) is 6.88. The van der Waals surface area contributed by atoms with E-state index < -0.39 is 0 Å². The molecule has 0 spiro atoms. The van der Waals surface area contributed by atoms with Crippen molar-refractivity contribution in [1.29, 1.82) is 0 Å². The summed E-state index contributed by atoms with van der Waals surface area (Å²) in [6.07, 6.45) is 6.79. The van der Waals surface area contributed by atoms with Gasteiger partial charge in [-0.15, -0.1) is 0 Å². The van der Waals surface area contributed by atoms with Crippen LogP contribution in [0, 0.1) is 0 Å². The molecule has 2 aromatic heterocycles. The zero-order chi connectivity index (χ0) is 8.93. The molecule has 0 N–H and O–H groups in total. The minimum atomic E-state index is 0.705. The Morgan fingerprint density at radius 2 is 2.08 bits per heavy atom. The quantitative estimate of drug-likeness (QED) is 0.700. The average Bonchev–Trinajstić information content (AvgIpc) is 2.69. The highest BCUT2D eigenvalue weighted by Gasteiger charge is 1.98. The van der Waals surface area contributed by atoms with Gasteiger partial charge in [-0.3, -0.25) is 4.98 Å². The molecule has 0 aliphatic carbocycles. The van der Waals surface area contributed by atoms with Crippen molar-refractivity contribution in [2.75, 3.05) is 0 Å². The Labute approximate surface area is 80.2 Å². The third-order valence-corrected chi connectivity index (χ3v) is 2.45. The SMILES string of the molecule is c1cc(CSc2ncco2)ccn1. The molecule has 0 bridgehead atoms. The Bertz CT molecular complexity index is 347. The highest BCUT2D eigenvalue weighted by Crippen LogP contribution is 2.19. The molecule has 0 aromatic carbocycles. The second kappa shape index (κ2) is 4.09. The van der Waals surface area contributed by atoms with E-state index in [2.05, 4.69) is 9.97 Å². The number of thioether (sulfide) groups is 1. The third kappa shape index (κ3) is 2.32. The number of nitrogens with zero attached hydrogens (tertiary/aromatic N) is 2. The predicted octanol–water partition coefficient (Wildman–Crippen LogP) is 2.36. The molecule has 0 radical (unpaired) electrons. The molecule has 0 fully saturated rings. The molecule has 0 aliphatic heterocycles. The summed E-state index contributed by atoms with van der Waals surface area (Å²) in [5.74, 6) is 0.864. The van der Waals surface area contributed by atoms with Crippen LogP contribution in [0.25, 0.3) is 0 Å². The summed E-state index contributed by atoms with van der Waals surface area (Å²) in [5, 5.41) is 0.705. The molecule has 2 heterocycles. The first-order valence-electron chi connectivity index (χ1n) is 3.86. The molecule has 0 unspecified atom stereocenters. The number of oxazole rings is 1. The Morgan fingerprint density at radius 1 is 1.23 bits per heavy atom. The predicted molar refractivity (Wildman–Crippen MR) is 50.3 cm³/mol. The van der Waals surface area contributed by atoms with E-state index in [1.54, 1.807) is 36.6 Å². The monoisotopic (exact) mass is 192 g/mol. The van der Waals surface area contributed by atoms with Crippen molar-refractivity contribution in [3.8, 4) is 0 Å². The highest BCUT2D eigenvalue weighted by atomic mass is 32.2. The van der Waals surface area contributed by atoms with Crippen LogP contribution in [0.4, 0.5) is 0 Å². The van der Waals surface area contributed by atoms with E-state index in [9.17, 15) is 0 Å². The summed E-state index contributed by atoms with van der Waals surface area (Å²) in [7, 11) is 0. The normalized spacial score (nSPS) is 10.2. The Balaban J connectivity index is 1.94. The number of rotatable bonds is 3. The number of aromatic nitrogens is 2. The lowest BCUT2D eigenvalue weighted by molar-refractivity contribution is 0.454. The second-order valence-electron chi connectivity index (χ2n) is 2.44. The molecule has 0 saturated heterocycles. The highest BCUT2D eigenvalue weighted by molar-refractivity contribution is 7.98. The van der Waals surface area contributed by atoms with Crippen LogP contribution >= 0.6 is 11.8 Å². The van der Waals surface area contributed by atoms with Crippen LogP contribution in [0.5, 0.6) is 0 Å². The Kier molecular flexibility index (Phi) is 2.62. The third-order valence-electron chi connectivity index (χ3n) is 1.52. The molecule has 2 aromatic rings. The standard InChI is InChI=1S/C9H8N2OS/c1-3-10-4-2-8(1)7-13-9-11-5-6-12-9/h1-6H,7H2. The Morgan fingerprint density at radius 3 is 2.77 bits per heavy atom. The molecule has 0 aliphatic rings. The van der Waals surface area contributed by atoms with Gasteiger partial charge in [-0.25, -0.2) is 4.98 Å². The number of hydrogen-bond acceptors (Lipinski definition) is 4. The van der Waals surface area contributed by atoms with Crippen molar-refractivity contribution < 1.29 is 4.42 Å². The van der Waals surface area contributed by atoms with Crippen LogP contribution in [0.1, 0.15) is 5.56 Å². The van der Waals surface area contributed by atoms with Crippen molar-refractivity contribution in [2.24, 2.45) is 0 Å². The first kappa shape index (κ1) is 8.31. The van der Waals surface area contributed by atoms with Crippen molar-refractivity contribution >= 4 is 11.8 Å². The van der Waals surface area contributed by atoms with Gasteiger partial charge in [-0.1, -0.05) is 11.8 Å². The van der Waals surface area contributed by atoms with E-state index in [4.69, 9.17) is 4.42 Å². The van der Waals surface area contributed by atoms with Gasteiger partial charge in [0.15, 0.2) is 0 Å². The van der Waals surface area contributed by atoms with E-state index in [0.29, 0.717) is 5.22 Å². The summed E-state index contributed by atoms with van der Waals surface area (Å²) in [6, 6.07) is 3.96. The summed E-state index contributed by atoms with van der Waals surface area (Å²) < 4.78 is 5.09. The second-order valence-corrected chi connectivity index (χ2v) is 3.37. The van der Waals surface area contributed by atoms with E-state index in [1.165, 1.54) is 5.56 Å². The molecule has 4 heteroatoms. The lowest BCUT2D eigenvalue weighted by Crippen LogP contribution is -1.80. The Hall–Kier alpha value is -1.29. The van der Waals surface area contributed by atoms with Crippen LogP contribution in [-0.4, -0.2) is 9.97 Å². The van der Waals surface area contributed by atoms with Gasteiger partial charge in [-0.2, -0.15) is 0 Å². The molecule has 3 nitrogen and oxygen atoms in total. The molecule has 0 saturated carbocycles. The van der Waals surface area contributed by atoms with E-state index in [-0.39, 0.29) is 0 Å². The van der Waals surface area contributed by atoms with Gasteiger partial charge in [0.1, 0.15) is 6.26 Å². The summed E-state index contributed by atoms with van der Waals surface area (Å²) in [4.78, 5) is 7.95. The summed E-state index contributed by atoms with van der Waals surface area (Å²) in [6.45, 7) is 0. The summed E-state index contributed by atoms with van der Waals surface area (Å²) in [5.41, 5.74) is 1.22. The van der Waals surface area contributed by atoms with Crippen molar-refractivity contribution in [2.45, 2.75) is 11.0 Å². The van der Waals surface area contributed by atoms with Gasteiger partial charge in [0, 0.05) is 18.1 Å². The largest absolute Gasteiger partial charge is 0.440 e. The van der Waals surface area contributed by atoms with E-state index >= 15 is 0 Å². The zero-order valence-corrected chi connectivity index (χ0v) is 7.70. The molecule has 0 amide bonds. The fraction of sp³-hybridized carbons (Fsp3) is 0.111. The molecule has 13 heavy (non-hydrogen) atoms. The van der Waals surface area contributed by atoms with Gasteiger partial charge < -0.3 is 4.42 Å². The van der Waals surface area contributed by atoms with Crippen molar-refractivity contribution in [3.63, 3.8) is 0 Å². The first-order chi connectivity index (χ1) is 6.45. The van der Waals surface area contributed by atoms with Crippen LogP contribution in [-0.2, 0) is 5.75 Å². The molecule has 2 rings (SSSR count). The maximum atomic E-state index is 5.09. The fourth-order valence-electron chi connectivity index (χ4n) is 0.906. The van der Waals surface area contributed by atoms with Crippen molar-refractivity contribution in [3.05, 3.63) is 42.5 Å². The minimum Gasteiger partial charge on any atom is -0.440 e. The van der Waals surface area contributed by atoms with Gasteiger partial charge in [-0.05, 0) is 17.7 Å². The molecular formula is C9H8N2OS. The maximum Gasteiger partial charge on any atom is 0.255 e.